The molecule has 0 radical (unpaired) electrons. The van der Waals surface area contributed by atoms with Crippen molar-refractivity contribution in [2.24, 2.45) is 0 Å². The van der Waals surface area contributed by atoms with Crippen molar-refractivity contribution < 1.29 is 9.50 Å². The third-order valence-electron chi connectivity index (χ3n) is 2.82. The molecule has 3 heteroatoms. The van der Waals surface area contributed by atoms with Gasteiger partial charge in [-0.15, -0.1) is 0 Å². The molecule has 0 amide bonds. The lowest BCUT2D eigenvalue weighted by atomic mass is 10.0. The lowest BCUT2D eigenvalue weighted by Gasteiger charge is -2.07. The molecule has 2 nitrogen and oxygen atoms in total. The molecule has 0 spiro atoms. The van der Waals surface area contributed by atoms with E-state index < -0.39 is 0 Å². The van der Waals surface area contributed by atoms with Gasteiger partial charge in [-0.2, -0.15) is 0 Å². The Kier molecular flexibility index (Phi) is 3.95. The number of hydrogen-bond acceptors (Lipinski definition) is 2. The Morgan fingerprint density at radius 2 is 1.72 bits per heavy atom. The maximum absolute atomic E-state index is 13.8. The number of phenols is 1. The van der Waals surface area contributed by atoms with Crippen molar-refractivity contribution in [3.63, 3.8) is 0 Å². The molecule has 0 aliphatic carbocycles. The zero-order valence-electron chi connectivity index (χ0n) is 10.3. The van der Waals surface area contributed by atoms with Crippen molar-refractivity contribution in [2.75, 3.05) is 6.54 Å². The molecule has 2 aromatic rings. The first kappa shape index (κ1) is 12.6. The van der Waals surface area contributed by atoms with Crippen molar-refractivity contribution in [1.29, 1.82) is 0 Å². The van der Waals surface area contributed by atoms with Crippen molar-refractivity contribution in [3.05, 3.63) is 53.8 Å². The van der Waals surface area contributed by atoms with Crippen LogP contribution in [-0.2, 0) is 6.54 Å². The minimum atomic E-state index is -0.207. The summed E-state index contributed by atoms with van der Waals surface area (Å²) in [4.78, 5) is 0. The monoisotopic (exact) mass is 245 g/mol. The van der Waals surface area contributed by atoms with Gasteiger partial charge in [-0.25, -0.2) is 4.39 Å². The average molecular weight is 245 g/mol. The molecule has 0 bridgehead atoms. The Hall–Kier alpha value is -1.87. The second-order valence-corrected chi connectivity index (χ2v) is 4.13. The van der Waals surface area contributed by atoms with Crippen LogP contribution in [0.15, 0.2) is 42.5 Å². The largest absolute Gasteiger partial charge is 0.508 e. The molecule has 18 heavy (non-hydrogen) atoms. The van der Waals surface area contributed by atoms with E-state index in [0.29, 0.717) is 12.1 Å². The molecule has 0 aliphatic rings. The molecule has 0 heterocycles. The lowest BCUT2D eigenvalue weighted by Crippen LogP contribution is -2.12. The summed E-state index contributed by atoms with van der Waals surface area (Å²) < 4.78 is 13.8. The van der Waals surface area contributed by atoms with Gasteiger partial charge in [0.25, 0.3) is 0 Å². The van der Waals surface area contributed by atoms with Gasteiger partial charge in [0.15, 0.2) is 0 Å². The van der Waals surface area contributed by atoms with Crippen molar-refractivity contribution in [3.8, 4) is 16.9 Å². The highest BCUT2D eigenvalue weighted by Gasteiger charge is 2.04. The van der Waals surface area contributed by atoms with Crippen LogP contribution < -0.4 is 5.32 Å². The minimum Gasteiger partial charge on any atom is -0.508 e. The van der Waals surface area contributed by atoms with Gasteiger partial charge in [0.2, 0.25) is 0 Å². The van der Waals surface area contributed by atoms with E-state index in [1.165, 1.54) is 6.07 Å². The number of aromatic hydroxyl groups is 1. The molecular formula is C15H16FNO. The van der Waals surface area contributed by atoms with Crippen LogP contribution in [0.1, 0.15) is 12.5 Å². The van der Waals surface area contributed by atoms with Crippen LogP contribution in [0.2, 0.25) is 0 Å². The van der Waals surface area contributed by atoms with Crippen LogP contribution in [0.5, 0.6) is 5.75 Å². The van der Waals surface area contributed by atoms with Crippen molar-refractivity contribution >= 4 is 0 Å². The van der Waals surface area contributed by atoms with Gasteiger partial charge in [-0.05, 0) is 35.9 Å². The normalized spacial score (nSPS) is 10.6. The van der Waals surface area contributed by atoms with Crippen molar-refractivity contribution in [2.45, 2.75) is 13.5 Å². The Balaban J connectivity index is 2.25. The van der Waals surface area contributed by atoms with Gasteiger partial charge >= 0.3 is 0 Å². The van der Waals surface area contributed by atoms with E-state index in [9.17, 15) is 9.50 Å². The second kappa shape index (κ2) is 5.65. The van der Waals surface area contributed by atoms with E-state index in [1.807, 2.05) is 13.0 Å². The summed E-state index contributed by atoms with van der Waals surface area (Å²) in [6.07, 6.45) is 0. The SMILES string of the molecule is CCNCc1ccc(-c2ccc(O)cc2)cc1F. The maximum Gasteiger partial charge on any atom is 0.128 e. The van der Waals surface area contributed by atoms with E-state index in [1.54, 1.807) is 30.3 Å². The fourth-order valence-electron chi connectivity index (χ4n) is 1.78. The number of benzene rings is 2. The smallest absolute Gasteiger partial charge is 0.128 e. The molecule has 0 saturated carbocycles. The molecule has 2 aromatic carbocycles. The summed E-state index contributed by atoms with van der Waals surface area (Å²) in [6, 6.07) is 11.9. The molecule has 0 aliphatic heterocycles. The van der Waals surface area contributed by atoms with Gasteiger partial charge in [0.1, 0.15) is 11.6 Å². The van der Waals surface area contributed by atoms with E-state index in [-0.39, 0.29) is 11.6 Å². The molecule has 0 unspecified atom stereocenters. The summed E-state index contributed by atoms with van der Waals surface area (Å²) in [5.74, 6) is 0.00418. The van der Waals surface area contributed by atoms with Crippen LogP contribution in [0.25, 0.3) is 11.1 Å². The van der Waals surface area contributed by atoms with E-state index in [0.717, 1.165) is 17.7 Å². The molecular weight excluding hydrogens is 229 g/mol. The second-order valence-electron chi connectivity index (χ2n) is 4.13. The maximum atomic E-state index is 13.8. The molecule has 0 aromatic heterocycles. The number of nitrogens with one attached hydrogen (secondary N) is 1. The highest BCUT2D eigenvalue weighted by molar-refractivity contribution is 5.64. The van der Waals surface area contributed by atoms with Crippen LogP contribution in [0, 0.1) is 5.82 Å². The van der Waals surface area contributed by atoms with Crippen LogP contribution in [0.3, 0.4) is 0 Å². The lowest BCUT2D eigenvalue weighted by molar-refractivity contribution is 0.475. The quantitative estimate of drug-likeness (QED) is 0.866. The predicted octanol–water partition coefficient (Wildman–Crippen LogP) is 3.31. The highest BCUT2D eigenvalue weighted by Crippen LogP contribution is 2.23. The Bertz CT molecular complexity index is 523. The molecule has 0 saturated heterocycles. The molecule has 0 fully saturated rings. The van der Waals surface area contributed by atoms with E-state index in [2.05, 4.69) is 5.32 Å². The topological polar surface area (TPSA) is 32.3 Å². The third-order valence-corrected chi connectivity index (χ3v) is 2.82. The highest BCUT2D eigenvalue weighted by atomic mass is 19.1. The summed E-state index contributed by atoms with van der Waals surface area (Å²) >= 11 is 0. The Labute approximate surface area is 106 Å². The van der Waals surface area contributed by atoms with Crippen molar-refractivity contribution in [1.82, 2.24) is 5.32 Å². The number of halogens is 1. The predicted molar refractivity (Wildman–Crippen MR) is 70.9 cm³/mol. The minimum absolute atomic E-state index is 0.207. The molecule has 2 rings (SSSR count). The summed E-state index contributed by atoms with van der Waals surface area (Å²) in [6.45, 7) is 3.35. The number of hydrogen-bond donors (Lipinski definition) is 2. The fraction of sp³-hybridized carbons (Fsp3) is 0.200. The van der Waals surface area contributed by atoms with Gasteiger partial charge in [0.05, 0.1) is 0 Å². The standard InChI is InChI=1S/C15H16FNO/c1-2-17-10-13-4-3-12(9-15(13)16)11-5-7-14(18)8-6-11/h3-9,17-18H,2,10H2,1H3. The van der Waals surface area contributed by atoms with Gasteiger partial charge in [0, 0.05) is 12.1 Å². The van der Waals surface area contributed by atoms with Crippen LogP contribution >= 0.6 is 0 Å². The van der Waals surface area contributed by atoms with Crippen LogP contribution in [0.4, 0.5) is 4.39 Å². The fourth-order valence-corrected chi connectivity index (χ4v) is 1.78. The van der Waals surface area contributed by atoms with E-state index in [4.69, 9.17) is 0 Å². The first-order valence-corrected chi connectivity index (χ1v) is 5.99. The van der Waals surface area contributed by atoms with Crippen LogP contribution in [-0.4, -0.2) is 11.7 Å². The third kappa shape index (κ3) is 2.87. The van der Waals surface area contributed by atoms with Gasteiger partial charge < -0.3 is 10.4 Å². The van der Waals surface area contributed by atoms with Gasteiger partial charge in [-0.3, -0.25) is 0 Å². The molecule has 2 N–H and O–H groups in total. The first-order valence-electron chi connectivity index (χ1n) is 5.99. The average Bonchev–Trinajstić information content (AvgIpc) is 2.38. The molecule has 94 valence electrons. The summed E-state index contributed by atoms with van der Waals surface area (Å²) in [7, 11) is 0. The van der Waals surface area contributed by atoms with E-state index >= 15 is 0 Å². The van der Waals surface area contributed by atoms with Gasteiger partial charge in [-0.1, -0.05) is 31.2 Å². The first-order chi connectivity index (χ1) is 8.70. The molecule has 0 atom stereocenters. The number of phenolic OH excluding ortho intramolecular Hbond substituents is 1. The zero-order chi connectivity index (χ0) is 13.0. The Morgan fingerprint density at radius 1 is 1.06 bits per heavy atom. The summed E-state index contributed by atoms with van der Waals surface area (Å²) in [5.41, 5.74) is 2.37. The Morgan fingerprint density at radius 3 is 2.33 bits per heavy atom. The summed E-state index contributed by atoms with van der Waals surface area (Å²) in [5, 5.41) is 12.3. The number of rotatable bonds is 4. The zero-order valence-corrected chi connectivity index (χ0v) is 10.3.